The fourth-order valence-corrected chi connectivity index (χ4v) is 4.80. The zero-order valence-corrected chi connectivity index (χ0v) is 15.8. The van der Waals surface area contributed by atoms with Gasteiger partial charge in [-0.3, -0.25) is 4.79 Å². The van der Waals surface area contributed by atoms with Gasteiger partial charge in [0.25, 0.3) is 5.91 Å². The molecule has 2 unspecified atom stereocenters. The Labute approximate surface area is 164 Å². The van der Waals surface area contributed by atoms with E-state index in [1.165, 1.54) is 17.7 Å². The number of carbonyl (C=O) groups excluding carboxylic acids is 2. The predicted octanol–water partition coefficient (Wildman–Crippen LogP) is 4.15. The van der Waals surface area contributed by atoms with Crippen molar-refractivity contribution in [1.82, 2.24) is 4.90 Å². The highest BCUT2D eigenvalue weighted by Gasteiger charge is 2.41. The highest BCUT2D eigenvalue weighted by molar-refractivity contribution is 6.16. The summed E-state index contributed by atoms with van der Waals surface area (Å²) in [5.41, 5.74) is 2.23. The van der Waals surface area contributed by atoms with Crippen LogP contribution < -0.4 is 10.2 Å². The summed E-state index contributed by atoms with van der Waals surface area (Å²) in [5, 5.41) is 2.90. The predicted molar refractivity (Wildman–Crippen MR) is 107 cm³/mol. The summed E-state index contributed by atoms with van der Waals surface area (Å²) in [6, 6.07) is 15.5. The van der Waals surface area contributed by atoms with Gasteiger partial charge in [-0.15, -0.1) is 0 Å². The fourth-order valence-electron chi connectivity index (χ4n) is 4.80. The van der Waals surface area contributed by atoms with Crippen molar-refractivity contribution in [2.24, 2.45) is 0 Å². The minimum absolute atomic E-state index is 0.0903. The van der Waals surface area contributed by atoms with Gasteiger partial charge in [0.15, 0.2) is 0 Å². The summed E-state index contributed by atoms with van der Waals surface area (Å²) in [4.78, 5) is 29.9. The second kappa shape index (κ2) is 6.63. The number of nitrogens with one attached hydrogen (secondary N) is 1. The SMILES string of the molecule is CN1C2CCC1CC(OC(=O)N1c3ccccc3NC(=O)c3ccccc31)C2. The third-order valence-corrected chi connectivity index (χ3v) is 6.29. The van der Waals surface area contributed by atoms with Crippen LogP contribution >= 0.6 is 0 Å². The first-order valence-electron chi connectivity index (χ1n) is 9.84. The molecule has 2 fully saturated rings. The molecule has 2 aromatic carbocycles. The number of anilines is 3. The Bertz CT molecular complexity index is 930. The largest absolute Gasteiger partial charge is 0.445 e. The van der Waals surface area contributed by atoms with E-state index in [1.54, 1.807) is 24.3 Å². The van der Waals surface area contributed by atoms with Crippen molar-refractivity contribution in [3.63, 3.8) is 0 Å². The average molecular weight is 377 g/mol. The number of amides is 2. The standard InChI is InChI=1S/C22H23N3O3/c1-24-14-10-11-15(24)13-16(12-14)28-22(27)25-19-8-4-2-6-17(19)21(26)23-18-7-3-5-9-20(18)25/h2-9,14-16H,10-13H2,1H3,(H,23,26). The minimum atomic E-state index is -0.426. The van der Waals surface area contributed by atoms with Crippen LogP contribution in [0.1, 0.15) is 36.0 Å². The zero-order valence-electron chi connectivity index (χ0n) is 15.8. The number of hydrogen-bond acceptors (Lipinski definition) is 4. The number of para-hydroxylation sites is 3. The maximum Gasteiger partial charge on any atom is 0.419 e. The number of carbonyl (C=O) groups is 2. The molecule has 2 bridgehead atoms. The molecule has 6 nitrogen and oxygen atoms in total. The maximum absolute atomic E-state index is 13.3. The van der Waals surface area contributed by atoms with Crippen LogP contribution in [0.2, 0.25) is 0 Å². The topological polar surface area (TPSA) is 61.9 Å². The van der Waals surface area contributed by atoms with Crippen LogP contribution in [-0.4, -0.2) is 42.1 Å². The Hall–Kier alpha value is -2.86. The van der Waals surface area contributed by atoms with E-state index in [9.17, 15) is 9.59 Å². The first-order chi connectivity index (χ1) is 13.6. The molecule has 5 rings (SSSR count). The molecular weight excluding hydrogens is 354 g/mol. The van der Waals surface area contributed by atoms with Gasteiger partial charge in [0, 0.05) is 24.9 Å². The van der Waals surface area contributed by atoms with Crippen LogP contribution in [0, 0.1) is 0 Å². The minimum Gasteiger partial charge on any atom is -0.445 e. The first-order valence-corrected chi connectivity index (χ1v) is 9.84. The van der Waals surface area contributed by atoms with Crippen molar-refractivity contribution in [3.05, 3.63) is 54.1 Å². The number of ether oxygens (including phenoxy) is 1. The molecule has 0 aromatic heterocycles. The molecule has 2 amide bonds. The fraction of sp³-hybridized carbons (Fsp3) is 0.364. The molecule has 0 aliphatic carbocycles. The highest BCUT2D eigenvalue weighted by atomic mass is 16.6. The summed E-state index contributed by atoms with van der Waals surface area (Å²) in [5.74, 6) is -0.226. The normalized spacial score (nSPS) is 26.1. The van der Waals surface area contributed by atoms with E-state index in [0.717, 1.165) is 12.8 Å². The van der Waals surface area contributed by atoms with Gasteiger partial charge >= 0.3 is 6.09 Å². The van der Waals surface area contributed by atoms with Gasteiger partial charge in [-0.2, -0.15) is 0 Å². The van der Waals surface area contributed by atoms with Crippen molar-refractivity contribution >= 4 is 29.1 Å². The van der Waals surface area contributed by atoms with Gasteiger partial charge in [0.1, 0.15) is 6.10 Å². The molecule has 6 heteroatoms. The molecule has 1 N–H and O–H groups in total. The van der Waals surface area contributed by atoms with Gasteiger partial charge < -0.3 is 15.0 Å². The molecule has 3 aliphatic heterocycles. The van der Waals surface area contributed by atoms with E-state index in [4.69, 9.17) is 4.74 Å². The summed E-state index contributed by atoms with van der Waals surface area (Å²) in [7, 11) is 2.17. The average Bonchev–Trinajstić information content (AvgIpc) is 2.86. The van der Waals surface area contributed by atoms with Crippen molar-refractivity contribution in [2.75, 3.05) is 17.3 Å². The lowest BCUT2D eigenvalue weighted by molar-refractivity contribution is 0.0327. The molecule has 2 saturated heterocycles. The molecule has 3 aliphatic rings. The van der Waals surface area contributed by atoms with E-state index in [2.05, 4.69) is 17.3 Å². The van der Waals surface area contributed by atoms with Crippen molar-refractivity contribution < 1.29 is 14.3 Å². The van der Waals surface area contributed by atoms with Crippen LogP contribution in [0.4, 0.5) is 21.9 Å². The van der Waals surface area contributed by atoms with Crippen LogP contribution in [0.25, 0.3) is 0 Å². The number of rotatable bonds is 1. The van der Waals surface area contributed by atoms with E-state index in [1.807, 2.05) is 24.3 Å². The van der Waals surface area contributed by atoms with Crippen LogP contribution in [-0.2, 0) is 4.74 Å². The number of fused-ring (bicyclic) bond motifs is 4. The Balaban J connectivity index is 1.49. The van der Waals surface area contributed by atoms with E-state index in [-0.39, 0.29) is 12.0 Å². The van der Waals surface area contributed by atoms with E-state index < -0.39 is 6.09 Å². The second-order valence-corrected chi connectivity index (χ2v) is 7.85. The second-order valence-electron chi connectivity index (χ2n) is 7.85. The van der Waals surface area contributed by atoms with Gasteiger partial charge in [-0.05, 0) is 44.2 Å². The maximum atomic E-state index is 13.3. The smallest absolute Gasteiger partial charge is 0.419 e. The lowest BCUT2D eigenvalue weighted by Gasteiger charge is -2.36. The third kappa shape index (κ3) is 2.76. The summed E-state index contributed by atoms with van der Waals surface area (Å²) in [6.45, 7) is 0. The lowest BCUT2D eigenvalue weighted by Crippen LogP contribution is -2.44. The van der Waals surface area contributed by atoms with E-state index >= 15 is 0 Å². The molecule has 3 heterocycles. The number of benzene rings is 2. The quantitative estimate of drug-likeness (QED) is 0.811. The zero-order chi connectivity index (χ0) is 19.3. The summed E-state index contributed by atoms with van der Waals surface area (Å²) in [6.07, 6.45) is 3.56. The molecule has 0 radical (unpaired) electrons. The first kappa shape index (κ1) is 17.3. The number of piperidine rings is 1. The van der Waals surface area contributed by atoms with Crippen LogP contribution in [0.3, 0.4) is 0 Å². The summed E-state index contributed by atoms with van der Waals surface area (Å²) < 4.78 is 5.99. The molecular formula is C22H23N3O3. The highest BCUT2D eigenvalue weighted by Crippen LogP contribution is 2.40. The van der Waals surface area contributed by atoms with Gasteiger partial charge in [-0.25, -0.2) is 9.69 Å². The van der Waals surface area contributed by atoms with Gasteiger partial charge in [-0.1, -0.05) is 24.3 Å². The molecule has 28 heavy (non-hydrogen) atoms. The van der Waals surface area contributed by atoms with Crippen LogP contribution in [0.15, 0.2) is 48.5 Å². The molecule has 144 valence electrons. The van der Waals surface area contributed by atoms with Gasteiger partial charge in [0.05, 0.1) is 22.6 Å². The van der Waals surface area contributed by atoms with Crippen LogP contribution in [0.5, 0.6) is 0 Å². The van der Waals surface area contributed by atoms with Crippen molar-refractivity contribution in [3.8, 4) is 0 Å². The van der Waals surface area contributed by atoms with Gasteiger partial charge in [0.2, 0.25) is 0 Å². The molecule has 0 spiro atoms. The van der Waals surface area contributed by atoms with E-state index in [0.29, 0.717) is 34.7 Å². The molecule has 2 aromatic rings. The Kier molecular flexibility index (Phi) is 4.09. The third-order valence-electron chi connectivity index (χ3n) is 6.29. The Morgan fingerprint density at radius 1 is 1.00 bits per heavy atom. The van der Waals surface area contributed by atoms with Crippen molar-refractivity contribution in [1.29, 1.82) is 0 Å². The lowest BCUT2D eigenvalue weighted by atomic mass is 10.0. The van der Waals surface area contributed by atoms with Crippen molar-refractivity contribution in [2.45, 2.75) is 43.9 Å². The summed E-state index contributed by atoms with van der Waals surface area (Å²) >= 11 is 0. The monoisotopic (exact) mass is 377 g/mol. The number of hydrogen-bond donors (Lipinski definition) is 1. The molecule has 2 atom stereocenters. The Morgan fingerprint density at radius 2 is 1.64 bits per heavy atom. The number of nitrogens with zero attached hydrogens (tertiary/aromatic N) is 2. The Morgan fingerprint density at radius 3 is 2.39 bits per heavy atom. The molecule has 0 saturated carbocycles.